The molecule has 1 amide bonds. The first-order chi connectivity index (χ1) is 11.0. The van der Waals surface area contributed by atoms with Gasteiger partial charge in [-0.3, -0.25) is 4.79 Å². The molecule has 120 valence electrons. The summed E-state index contributed by atoms with van der Waals surface area (Å²) in [6.07, 6.45) is 3.13. The van der Waals surface area contributed by atoms with Crippen LogP contribution in [-0.2, 0) is 11.3 Å². The molecule has 0 aliphatic heterocycles. The second-order valence-corrected chi connectivity index (χ2v) is 6.23. The van der Waals surface area contributed by atoms with Gasteiger partial charge >= 0.3 is 0 Å². The zero-order valence-electron chi connectivity index (χ0n) is 13.0. The van der Waals surface area contributed by atoms with E-state index in [1.54, 1.807) is 24.3 Å². The first-order valence-corrected chi connectivity index (χ1v) is 7.88. The first kappa shape index (κ1) is 17.5. The quantitative estimate of drug-likeness (QED) is 0.793. The number of halogens is 2. The highest BCUT2D eigenvalue weighted by atomic mass is 35.5. The van der Waals surface area contributed by atoms with E-state index < -0.39 is 0 Å². The highest BCUT2D eigenvalue weighted by molar-refractivity contribution is 6.35. The molecule has 2 rings (SSSR count). The van der Waals surface area contributed by atoms with E-state index in [2.05, 4.69) is 5.32 Å². The van der Waals surface area contributed by atoms with Gasteiger partial charge in [0.1, 0.15) is 0 Å². The lowest BCUT2D eigenvalue weighted by atomic mass is 10.1. The molecule has 0 fully saturated rings. The molecule has 0 saturated carbocycles. The molecule has 0 unspecified atom stereocenters. The van der Waals surface area contributed by atoms with Crippen LogP contribution in [0.15, 0.2) is 48.5 Å². The summed E-state index contributed by atoms with van der Waals surface area (Å²) < 4.78 is 0. The highest BCUT2D eigenvalue weighted by Crippen LogP contribution is 2.22. The summed E-state index contributed by atoms with van der Waals surface area (Å²) in [7, 11) is 3.97. The Morgan fingerprint density at radius 3 is 2.61 bits per heavy atom. The molecule has 1 N–H and O–H groups in total. The van der Waals surface area contributed by atoms with Crippen molar-refractivity contribution in [3.05, 3.63) is 69.7 Å². The van der Waals surface area contributed by atoms with Crippen molar-refractivity contribution in [2.45, 2.75) is 6.54 Å². The van der Waals surface area contributed by atoms with Gasteiger partial charge in [-0.1, -0.05) is 47.5 Å². The van der Waals surface area contributed by atoms with Crippen molar-refractivity contribution in [2.24, 2.45) is 0 Å². The van der Waals surface area contributed by atoms with Crippen molar-refractivity contribution >= 4 is 40.9 Å². The fourth-order valence-electron chi connectivity index (χ4n) is 2.10. The van der Waals surface area contributed by atoms with E-state index in [9.17, 15) is 4.79 Å². The molecule has 0 aliphatic rings. The number of hydrogen-bond acceptors (Lipinski definition) is 2. The predicted octanol–water partition coefficient (Wildman–Crippen LogP) is 4.71. The van der Waals surface area contributed by atoms with Gasteiger partial charge in [-0.15, -0.1) is 0 Å². The third-order valence-corrected chi connectivity index (χ3v) is 3.70. The molecule has 2 aromatic rings. The number of carbonyl (C=O) groups is 1. The van der Waals surface area contributed by atoms with Crippen LogP contribution in [0.2, 0.25) is 10.0 Å². The van der Waals surface area contributed by atoms with Gasteiger partial charge in [-0.25, -0.2) is 0 Å². The molecule has 5 heteroatoms. The van der Waals surface area contributed by atoms with Gasteiger partial charge in [-0.2, -0.15) is 0 Å². The Hall–Kier alpha value is -1.81. The zero-order chi connectivity index (χ0) is 16.8. The predicted molar refractivity (Wildman–Crippen MR) is 98.0 cm³/mol. The van der Waals surface area contributed by atoms with Crippen LogP contribution < -0.4 is 5.32 Å². The minimum absolute atomic E-state index is 0.206. The van der Waals surface area contributed by atoms with Crippen LogP contribution in [0, 0.1) is 0 Å². The van der Waals surface area contributed by atoms with Crippen LogP contribution in [0.4, 0.5) is 5.69 Å². The summed E-state index contributed by atoms with van der Waals surface area (Å²) in [5, 5.41) is 3.97. The van der Waals surface area contributed by atoms with Crippen molar-refractivity contribution in [3.8, 4) is 0 Å². The number of carbonyl (C=O) groups excluding carboxylic acids is 1. The molecule has 2 aromatic carbocycles. The van der Waals surface area contributed by atoms with E-state index in [1.165, 1.54) is 6.08 Å². The van der Waals surface area contributed by atoms with Gasteiger partial charge in [0.15, 0.2) is 0 Å². The van der Waals surface area contributed by atoms with Crippen molar-refractivity contribution in [3.63, 3.8) is 0 Å². The number of hydrogen-bond donors (Lipinski definition) is 1. The van der Waals surface area contributed by atoms with Crippen LogP contribution in [0.1, 0.15) is 11.1 Å². The molecule has 0 saturated heterocycles. The Kier molecular flexibility index (Phi) is 6.22. The SMILES string of the molecule is CN(C)Cc1ccccc1NC(=O)/C=C/c1ccc(Cl)cc1Cl. The fourth-order valence-corrected chi connectivity index (χ4v) is 2.57. The minimum Gasteiger partial charge on any atom is -0.322 e. The van der Waals surface area contributed by atoms with Gasteiger partial charge in [0.2, 0.25) is 5.91 Å². The monoisotopic (exact) mass is 348 g/mol. The molecule has 23 heavy (non-hydrogen) atoms. The Bertz CT molecular complexity index is 727. The van der Waals surface area contributed by atoms with Gasteiger partial charge in [0.05, 0.1) is 0 Å². The summed E-state index contributed by atoms with van der Waals surface area (Å²) in [6.45, 7) is 0.753. The van der Waals surface area contributed by atoms with Gasteiger partial charge in [-0.05, 0) is 49.5 Å². The van der Waals surface area contributed by atoms with E-state index in [0.717, 1.165) is 23.4 Å². The Morgan fingerprint density at radius 2 is 1.91 bits per heavy atom. The summed E-state index contributed by atoms with van der Waals surface area (Å²) in [6, 6.07) is 12.9. The Morgan fingerprint density at radius 1 is 1.17 bits per heavy atom. The smallest absolute Gasteiger partial charge is 0.248 e. The summed E-state index contributed by atoms with van der Waals surface area (Å²) in [4.78, 5) is 14.2. The van der Waals surface area contributed by atoms with Crippen LogP contribution in [0.5, 0.6) is 0 Å². The van der Waals surface area contributed by atoms with Crippen molar-refractivity contribution in [1.82, 2.24) is 4.90 Å². The Balaban J connectivity index is 2.09. The first-order valence-electron chi connectivity index (χ1n) is 7.12. The number of amides is 1. The van der Waals surface area contributed by atoms with Crippen molar-refractivity contribution in [2.75, 3.05) is 19.4 Å². The molecular formula is C18H18Cl2N2O. The average molecular weight is 349 g/mol. The third-order valence-electron chi connectivity index (χ3n) is 3.14. The fraction of sp³-hybridized carbons (Fsp3) is 0.167. The average Bonchev–Trinajstić information content (AvgIpc) is 2.48. The van der Waals surface area contributed by atoms with Crippen LogP contribution >= 0.6 is 23.2 Å². The van der Waals surface area contributed by atoms with E-state index in [0.29, 0.717) is 10.0 Å². The van der Waals surface area contributed by atoms with E-state index in [-0.39, 0.29) is 5.91 Å². The van der Waals surface area contributed by atoms with Gasteiger partial charge in [0, 0.05) is 28.4 Å². The maximum Gasteiger partial charge on any atom is 0.248 e. The number of rotatable bonds is 5. The second kappa shape index (κ2) is 8.16. The molecule has 0 aliphatic carbocycles. The molecule has 0 heterocycles. The van der Waals surface area contributed by atoms with Gasteiger partial charge in [0.25, 0.3) is 0 Å². The van der Waals surface area contributed by atoms with Crippen LogP contribution in [-0.4, -0.2) is 24.9 Å². The number of nitrogens with zero attached hydrogens (tertiary/aromatic N) is 1. The van der Waals surface area contributed by atoms with Crippen molar-refractivity contribution in [1.29, 1.82) is 0 Å². The summed E-state index contributed by atoms with van der Waals surface area (Å²) in [5.41, 5.74) is 2.61. The largest absolute Gasteiger partial charge is 0.322 e. The Labute approximate surface area is 146 Å². The minimum atomic E-state index is -0.206. The zero-order valence-corrected chi connectivity index (χ0v) is 14.5. The molecule has 0 bridgehead atoms. The lowest BCUT2D eigenvalue weighted by molar-refractivity contribution is -0.111. The van der Waals surface area contributed by atoms with Gasteiger partial charge < -0.3 is 10.2 Å². The number of para-hydroxylation sites is 1. The van der Waals surface area contributed by atoms with E-state index in [1.807, 2.05) is 43.3 Å². The van der Waals surface area contributed by atoms with Crippen LogP contribution in [0.25, 0.3) is 6.08 Å². The normalized spacial score (nSPS) is 11.2. The summed E-state index contributed by atoms with van der Waals surface area (Å²) in [5.74, 6) is -0.206. The molecule has 0 aromatic heterocycles. The lowest BCUT2D eigenvalue weighted by Gasteiger charge is -2.14. The molecular weight excluding hydrogens is 331 g/mol. The number of anilines is 1. The number of benzene rings is 2. The maximum atomic E-state index is 12.1. The maximum absolute atomic E-state index is 12.1. The highest BCUT2D eigenvalue weighted by Gasteiger charge is 2.05. The molecule has 0 atom stereocenters. The summed E-state index contributed by atoms with van der Waals surface area (Å²) >= 11 is 11.9. The number of nitrogens with one attached hydrogen (secondary N) is 1. The molecule has 0 spiro atoms. The van der Waals surface area contributed by atoms with E-state index in [4.69, 9.17) is 23.2 Å². The van der Waals surface area contributed by atoms with Crippen LogP contribution in [0.3, 0.4) is 0 Å². The topological polar surface area (TPSA) is 32.3 Å². The second-order valence-electron chi connectivity index (χ2n) is 5.38. The standard InChI is InChI=1S/C18H18Cl2N2O/c1-22(2)12-14-5-3-4-6-17(14)21-18(23)10-8-13-7-9-15(19)11-16(13)20/h3-11H,12H2,1-2H3,(H,21,23)/b10-8+. The lowest BCUT2D eigenvalue weighted by Crippen LogP contribution is -2.15. The third kappa shape index (κ3) is 5.39. The van der Waals surface area contributed by atoms with Crippen molar-refractivity contribution < 1.29 is 4.79 Å². The molecule has 0 radical (unpaired) electrons. The molecule has 3 nitrogen and oxygen atoms in total. The van der Waals surface area contributed by atoms with E-state index >= 15 is 0 Å².